The molecule has 3 heterocycles. The summed E-state index contributed by atoms with van der Waals surface area (Å²) < 4.78 is 7.06. The van der Waals surface area contributed by atoms with Gasteiger partial charge in [-0.25, -0.2) is 4.98 Å². The largest absolute Gasteiger partial charge is 0.459 e. The standard InChI is InChI=1S/C20H22N4O3/c1-14(21-20(26)17-9-6-12-27-17)19-22-15-7-2-3-8-16(15)24(19)13-18(25)23-10-4-5-11-23/h2-3,6-9,12,14H,4-5,10-11,13H2,1H3,(H,21,26). The van der Waals surface area contributed by atoms with Crippen LogP contribution in [0.1, 0.15) is 42.2 Å². The number of carbonyl (C=O) groups is 2. The van der Waals surface area contributed by atoms with Crippen LogP contribution < -0.4 is 5.32 Å². The number of imidazole rings is 1. The molecule has 1 saturated heterocycles. The van der Waals surface area contributed by atoms with Crippen molar-refractivity contribution in [2.75, 3.05) is 13.1 Å². The minimum atomic E-state index is -0.374. The van der Waals surface area contributed by atoms with Gasteiger partial charge < -0.3 is 19.2 Å². The summed E-state index contributed by atoms with van der Waals surface area (Å²) in [6.07, 6.45) is 3.57. The number of fused-ring (bicyclic) bond motifs is 1. The van der Waals surface area contributed by atoms with E-state index in [1.54, 1.807) is 12.1 Å². The number of carbonyl (C=O) groups excluding carboxylic acids is 2. The third-order valence-electron chi connectivity index (χ3n) is 4.92. The molecule has 0 bridgehead atoms. The van der Waals surface area contributed by atoms with Crippen LogP contribution in [0.15, 0.2) is 47.1 Å². The maximum absolute atomic E-state index is 12.7. The van der Waals surface area contributed by atoms with Gasteiger partial charge in [-0.2, -0.15) is 0 Å². The molecule has 2 aromatic heterocycles. The fraction of sp³-hybridized carbons (Fsp3) is 0.350. The molecule has 1 aromatic carbocycles. The van der Waals surface area contributed by atoms with Gasteiger partial charge in [0, 0.05) is 13.1 Å². The van der Waals surface area contributed by atoms with Crippen LogP contribution >= 0.6 is 0 Å². The molecule has 0 spiro atoms. The zero-order valence-corrected chi connectivity index (χ0v) is 15.2. The van der Waals surface area contributed by atoms with Gasteiger partial charge in [0.2, 0.25) is 5.91 Å². The molecule has 0 radical (unpaired) electrons. The number of nitrogens with one attached hydrogen (secondary N) is 1. The molecule has 1 unspecified atom stereocenters. The van der Waals surface area contributed by atoms with Gasteiger partial charge in [0.05, 0.1) is 23.3 Å². The van der Waals surface area contributed by atoms with Crippen LogP contribution in [0.3, 0.4) is 0 Å². The summed E-state index contributed by atoms with van der Waals surface area (Å²) in [5.41, 5.74) is 1.69. The Labute approximate surface area is 157 Å². The normalized spacial score (nSPS) is 15.2. The Hall–Kier alpha value is -3.09. The van der Waals surface area contributed by atoms with E-state index in [9.17, 15) is 9.59 Å². The average Bonchev–Trinajstić information content (AvgIpc) is 3.42. The topological polar surface area (TPSA) is 80.4 Å². The van der Waals surface area contributed by atoms with Gasteiger partial charge in [0.15, 0.2) is 5.76 Å². The van der Waals surface area contributed by atoms with Gasteiger partial charge in [-0.1, -0.05) is 12.1 Å². The molecule has 1 aliphatic heterocycles. The van der Waals surface area contributed by atoms with Crippen molar-refractivity contribution in [1.82, 2.24) is 19.8 Å². The Morgan fingerprint density at radius 1 is 1.19 bits per heavy atom. The van der Waals surface area contributed by atoms with E-state index < -0.39 is 0 Å². The summed E-state index contributed by atoms with van der Waals surface area (Å²) in [5.74, 6) is 0.680. The molecule has 1 fully saturated rings. The van der Waals surface area contributed by atoms with Crippen molar-refractivity contribution < 1.29 is 14.0 Å². The molecule has 0 saturated carbocycles. The second kappa shape index (κ2) is 7.26. The summed E-state index contributed by atoms with van der Waals surface area (Å²) in [6, 6.07) is 10.6. The van der Waals surface area contributed by atoms with Crippen molar-refractivity contribution >= 4 is 22.8 Å². The smallest absolute Gasteiger partial charge is 0.287 e. The quantitative estimate of drug-likeness (QED) is 0.753. The Kier molecular flexibility index (Phi) is 4.66. The second-order valence-corrected chi connectivity index (χ2v) is 6.81. The first-order valence-corrected chi connectivity index (χ1v) is 9.21. The number of likely N-dealkylation sites (tertiary alicyclic amines) is 1. The van der Waals surface area contributed by atoms with Crippen LogP contribution in [0.5, 0.6) is 0 Å². The van der Waals surface area contributed by atoms with E-state index in [-0.39, 0.29) is 30.2 Å². The van der Waals surface area contributed by atoms with Gasteiger partial charge >= 0.3 is 0 Å². The minimum absolute atomic E-state index is 0.0847. The summed E-state index contributed by atoms with van der Waals surface area (Å²) in [4.78, 5) is 31.6. The van der Waals surface area contributed by atoms with Gasteiger partial charge in [-0.3, -0.25) is 9.59 Å². The monoisotopic (exact) mass is 366 g/mol. The molecular weight excluding hydrogens is 344 g/mol. The predicted octanol–water partition coefficient (Wildman–Crippen LogP) is 2.74. The van der Waals surface area contributed by atoms with Crippen LogP contribution in [-0.4, -0.2) is 39.4 Å². The van der Waals surface area contributed by atoms with Crippen LogP contribution in [0.25, 0.3) is 11.0 Å². The number of rotatable bonds is 5. The predicted molar refractivity (Wildman–Crippen MR) is 100 cm³/mol. The van der Waals surface area contributed by atoms with Crippen LogP contribution in [0.2, 0.25) is 0 Å². The highest BCUT2D eigenvalue weighted by Crippen LogP contribution is 2.22. The maximum atomic E-state index is 12.7. The maximum Gasteiger partial charge on any atom is 0.287 e. The second-order valence-electron chi connectivity index (χ2n) is 6.81. The lowest BCUT2D eigenvalue weighted by Crippen LogP contribution is -2.33. The van der Waals surface area contributed by atoms with E-state index in [4.69, 9.17) is 4.42 Å². The summed E-state index contributed by atoms with van der Waals surface area (Å²) in [6.45, 7) is 3.70. The van der Waals surface area contributed by atoms with Crippen molar-refractivity contribution in [2.24, 2.45) is 0 Å². The Bertz CT molecular complexity index is 955. The van der Waals surface area contributed by atoms with Crippen LogP contribution in [-0.2, 0) is 11.3 Å². The SMILES string of the molecule is CC(NC(=O)c1ccco1)c1nc2ccccc2n1CC(=O)N1CCCC1. The molecule has 7 heteroatoms. The number of hydrogen-bond acceptors (Lipinski definition) is 4. The van der Waals surface area contributed by atoms with Crippen molar-refractivity contribution in [3.8, 4) is 0 Å². The van der Waals surface area contributed by atoms with Crippen LogP contribution in [0.4, 0.5) is 0 Å². The lowest BCUT2D eigenvalue weighted by atomic mass is 10.3. The molecule has 2 amide bonds. The highest BCUT2D eigenvalue weighted by Gasteiger charge is 2.24. The lowest BCUT2D eigenvalue weighted by molar-refractivity contribution is -0.130. The molecule has 140 valence electrons. The minimum Gasteiger partial charge on any atom is -0.459 e. The molecule has 27 heavy (non-hydrogen) atoms. The highest BCUT2D eigenvalue weighted by molar-refractivity contribution is 5.91. The van der Waals surface area contributed by atoms with E-state index >= 15 is 0 Å². The van der Waals surface area contributed by atoms with E-state index in [0.29, 0.717) is 5.82 Å². The Morgan fingerprint density at radius 2 is 1.96 bits per heavy atom. The molecule has 7 nitrogen and oxygen atoms in total. The summed E-state index contributed by atoms with van der Waals surface area (Å²) in [5, 5.41) is 2.90. The molecule has 3 aromatic rings. The zero-order chi connectivity index (χ0) is 18.8. The molecule has 4 rings (SSSR count). The molecule has 1 atom stereocenters. The average molecular weight is 366 g/mol. The molecule has 1 aliphatic rings. The van der Waals surface area contributed by atoms with Gasteiger partial charge in [-0.05, 0) is 44.0 Å². The van der Waals surface area contributed by atoms with Crippen molar-refractivity contribution in [1.29, 1.82) is 0 Å². The van der Waals surface area contributed by atoms with Crippen LogP contribution in [0, 0.1) is 0 Å². The number of para-hydroxylation sites is 2. The Morgan fingerprint density at radius 3 is 2.70 bits per heavy atom. The van der Waals surface area contributed by atoms with E-state index in [0.717, 1.165) is 37.0 Å². The first kappa shape index (κ1) is 17.3. The van der Waals surface area contributed by atoms with Crippen molar-refractivity contribution in [3.05, 3.63) is 54.2 Å². The van der Waals surface area contributed by atoms with Crippen molar-refractivity contribution in [2.45, 2.75) is 32.4 Å². The van der Waals surface area contributed by atoms with Gasteiger partial charge in [0.1, 0.15) is 12.4 Å². The summed E-state index contributed by atoms with van der Waals surface area (Å²) >= 11 is 0. The van der Waals surface area contributed by atoms with E-state index in [2.05, 4.69) is 10.3 Å². The third-order valence-corrected chi connectivity index (χ3v) is 4.92. The Balaban J connectivity index is 1.62. The van der Waals surface area contributed by atoms with Gasteiger partial charge in [0.25, 0.3) is 5.91 Å². The van der Waals surface area contributed by atoms with E-state index in [1.165, 1.54) is 6.26 Å². The van der Waals surface area contributed by atoms with E-state index in [1.807, 2.05) is 40.7 Å². The fourth-order valence-corrected chi connectivity index (χ4v) is 3.53. The number of benzene rings is 1. The number of nitrogens with zero attached hydrogens (tertiary/aromatic N) is 3. The first-order valence-electron chi connectivity index (χ1n) is 9.21. The van der Waals surface area contributed by atoms with Crippen molar-refractivity contribution in [3.63, 3.8) is 0 Å². The number of amides is 2. The zero-order valence-electron chi connectivity index (χ0n) is 15.2. The highest BCUT2D eigenvalue weighted by atomic mass is 16.3. The summed E-state index contributed by atoms with van der Waals surface area (Å²) in [7, 11) is 0. The molecule has 1 N–H and O–H groups in total. The number of hydrogen-bond donors (Lipinski definition) is 1. The lowest BCUT2D eigenvalue weighted by Gasteiger charge is -2.19. The fourth-order valence-electron chi connectivity index (χ4n) is 3.53. The van der Waals surface area contributed by atoms with Gasteiger partial charge in [-0.15, -0.1) is 0 Å². The number of furan rings is 1. The third kappa shape index (κ3) is 3.45. The number of aromatic nitrogens is 2. The molecular formula is C20H22N4O3. The molecule has 0 aliphatic carbocycles. The first-order chi connectivity index (χ1) is 13.1.